The molecule has 0 bridgehead atoms. The summed E-state index contributed by atoms with van der Waals surface area (Å²) in [6, 6.07) is 12.2. The molecule has 2 rings (SSSR count). The van der Waals surface area contributed by atoms with Crippen LogP contribution in [0.2, 0.25) is 5.02 Å². The molecule has 1 nitrogen and oxygen atoms in total. The lowest BCUT2D eigenvalue weighted by atomic mass is 9.99. The van der Waals surface area contributed by atoms with Crippen molar-refractivity contribution >= 4 is 11.6 Å². The van der Waals surface area contributed by atoms with E-state index in [1.165, 1.54) is 24.1 Å². The van der Waals surface area contributed by atoms with E-state index < -0.39 is 11.9 Å². The zero-order valence-corrected chi connectivity index (χ0v) is 12.2. The van der Waals surface area contributed by atoms with Crippen molar-refractivity contribution in [2.45, 2.75) is 32.3 Å². The van der Waals surface area contributed by atoms with Crippen LogP contribution in [0, 0.1) is 5.82 Å². The van der Waals surface area contributed by atoms with Crippen LogP contribution in [0.3, 0.4) is 0 Å². The fourth-order valence-electron chi connectivity index (χ4n) is 2.12. The summed E-state index contributed by atoms with van der Waals surface area (Å²) >= 11 is 5.74. The third-order valence-electron chi connectivity index (χ3n) is 3.37. The van der Waals surface area contributed by atoms with Gasteiger partial charge >= 0.3 is 0 Å². The second kappa shape index (κ2) is 6.87. The molecule has 0 aliphatic rings. The third kappa shape index (κ3) is 3.59. The number of benzene rings is 2. The number of aliphatic hydroxyl groups excluding tert-OH is 1. The normalized spacial score (nSPS) is 12.4. The summed E-state index contributed by atoms with van der Waals surface area (Å²) in [6.45, 7) is 2.16. The monoisotopic (exact) mass is 292 g/mol. The Labute approximate surface area is 124 Å². The van der Waals surface area contributed by atoms with Gasteiger partial charge in [-0.15, -0.1) is 0 Å². The lowest BCUT2D eigenvalue weighted by Gasteiger charge is -2.12. The van der Waals surface area contributed by atoms with Gasteiger partial charge in [-0.05, 0) is 41.7 Å². The van der Waals surface area contributed by atoms with Gasteiger partial charge in [0.25, 0.3) is 0 Å². The first kappa shape index (κ1) is 15.0. The third-order valence-corrected chi connectivity index (χ3v) is 3.66. The first-order valence-corrected chi connectivity index (χ1v) is 7.21. The number of aryl methyl sites for hydroxylation is 1. The summed E-state index contributed by atoms with van der Waals surface area (Å²) in [5.74, 6) is -0.475. The number of aliphatic hydroxyl groups is 1. The first-order chi connectivity index (χ1) is 9.61. The maximum atomic E-state index is 13.1. The van der Waals surface area contributed by atoms with Crippen LogP contribution in [0.25, 0.3) is 0 Å². The molecule has 3 heteroatoms. The largest absolute Gasteiger partial charge is 0.384 e. The summed E-state index contributed by atoms with van der Waals surface area (Å²) in [4.78, 5) is 0. The fourth-order valence-corrected chi connectivity index (χ4v) is 2.31. The number of rotatable bonds is 5. The molecule has 0 aliphatic heterocycles. The van der Waals surface area contributed by atoms with Gasteiger partial charge in [0, 0.05) is 0 Å². The molecule has 2 aromatic rings. The van der Waals surface area contributed by atoms with Gasteiger partial charge in [-0.1, -0.05) is 55.3 Å². The molecular formula is C17H18ClFO. The molecule has 1 N–H and O–H groups in total. The predicted molar refractivity (Wildman–Crippen MR) is 80.5 cm³/mol. The molecule has 0 spiro atoms. The van der Waals surface area contributed by atoms with E-state index in [2.05, 4.69) is 6.92 Å². The number of hydrogen-bond acceptors (Lipinski definition) is 1. The topological polar surface area (TPSA) is 20.2 Å². The Morgan fingerprint density at radius 3 is 2.35 bits per heavy atom. The van der Waals surface area contributed by atoms with E-state index in [0.29, 0.717) is 5.56 Å². The van der Waals surface area contributed by atoms with E-state index in [9.17, 15) is 9.50 Å². The Bertz CT molecular complexity index is 566. The van der Waals surface area contributed by atoms with Gasteiger partial charge in [-0.25, -0.2) is 4.39 Å². The van der Waals surface area contributed by atoms with Crippen LogP contribution >= 0.6 is 11.6 Å². The highest BCUT2D eigenvalue weighted by Crippen LogP contribution is 2.26. The molecule has 0 aliphatic carbocycles. The standard InChI is InChI=1S/C17H18ClFO/c1-2-3-4-12-5-7-13(8-6-12)17(20)14-9-10-16(19)15(18)11-14/h5-11,17,20H,2-4H2,1H3. The average molecular weight is 293 g/mol. The minimum absolute atomic E-state index is 0.0288. The highest BCUT2D eigenvalue weighted by Gasteiger charge is 2.12. The van der Waals surface area contributed by atoms with E-state index in [-0.39, 0.29) is 5.02 Å². The number of halogens is 2. The van der Waals surface area contributed by atoms with Gasteiger partial charge in [0.05, 0.1) is 5.02 Å². The van der Waals surface area contributed by atoms with Gasteiger partial charge in [0.1, 0.15) is 11.9 Å². The van der Waals surface area contributed by atoms with Crippen LogP contribution in [-0.2, 0) is 6.42 Å². The fraction of sp³-hybridized carbons (Fsp3) is 0.294. The molecule has 0 saturated carbocycles. The van der Waals surface area contributed by atoms with Crippen molar-refractivity contribution in [2.24, 2.45) is 0 Å². The molecule has 0 fully saturated rings. The Morgan fingerprint density at radius 2 is 1.75 bits per heavy atom. The van der Waals surface area contributed by atoms with Crippen LogP contribution in [0.15, 0.2) is 42.5 Å². The Kier molecular flexibility index (Phi) is 5.16. The summed E-state index contributed by atoms with van der Waals surface area (Å²) < 4.78 is 13.1. The minimum Gasteiger partial charge on any atom is -0.384 e. The van der Waals surface area contributed by atoms with Gasteiger partial charge in [-0.3, -0.25) is 0 Å². The van der Waals surface area contributed by atoms with Gasteiger partial charge in [0.2, 0.25) is 0 Å². The van der Waals surface area contributed by atoms with E-state index in [4.69, 9.17) is 11.6 Å². The number of hydrogen-bond donors (Lipinski definition) is 1. The molecule has 0 amide bonds. The number of unbranched alkanes of at least 4 members (excludes halogenated alkanes) is 1. The highest BCUT2D eigenvalue weighted by atomic mass is 35.5. The van der Waals surface area contributed by atoms with Crippen molar-refractivity contribution in [3.63, 3.8) is 0 Å². The van der Waals surface area contributed by atoms with Crippen LogP contribution in [-0.4, -0.2) is 5.11 Å². The Hall–Kier alpha value is -1.38. The molecule has 20 heavy (non-hydrogen) atoms. The molecule has 1 atom stereocenters. The Morgan fingerprint density at radius 1 is 1.10 bits per heavy atom. The molecular weight excluding hydrogens is 275 g/mol. The average Bonchev–Trinajstić information content (AvgIpc) is 2.48. The van der Waals surface area contributed by atoms with E-state index in [1.807, 2.05) is 24.3 Å². The lowest BCUT2D eigenvalue weighted by Crippen LogP contribution is -2.00. The van der Waals surface area contributed by atoms with Crippen molar-refractivity contribution in [1.82, 2.24) is 0 Å². The zero-order valence-electron chi connectivity index (χ0n) is 11.4. The van der Waals surface area contributed by atoms with Gasteiger partial charge in [-0.2, -0.15) is 0 Å². The van der Waals surface area contributed by atoms with E-state index >= 15 is 0 Å². The predicted octanol–water partition coefficient (Wildman–Crippen LogP) is 4.90. The second-order valence-corrected chi connectivity index (χ2v) is 5.33. The maximum Gasteiger partial charge on any atom is 0.141 e. The van der Waals surface area contributed by atoms with Crippen molar-refractivity contribution < 1.29 is 9.50 Å². The maximum absolute atomic E-state index is 13.1. The summed E-state index contributed by atoms with van der Waals surface area (Å²) in [6.07, 6.45) is 2.59. The summed E-state index contributed by atoms with van der Waals surface area (Å²) in [7, 11) is 0. The van der Waals surface area contributed by atoms with Crippen molar-refractivity contribution in [3.8, 4) is 0 Å². The summed E-state index contributed by atoms with van der Waals surface area (Å²) in [5.41, 5.74) is 2.64. The van der Waals surface area contributed by atoms with E-state index in [0.717, 1.165) is 18.4 Å². The van der Waals surface area contributed by atoms with Crippen molar-refractivity contribution in [2.75, 3.05) is 0 Å². The molecule has 0 saturated heterocycles. The molecule has 0 aromatic heterocycles. The highest BCUT2D eigenvalue weighted by molar-refractivity contribution is 6.30. The van der Waals surface area contributed by atoms with Crippen molar-refractivity contribution in [3.05, 3.63) is 70.0 Å². The van der Waals surface area contributed by atoms with Crippen LogP contribution in [0.4, 0.5) is 4.39 Å². The molecule has 0 heterocycles. The quantitative estimate of drug-likeness (QED) is 0.831. The SMILES string of the molecule is CCCCc1ccc(C(O)c2ccc(F)c(Cl)c2)cc1. The molecule has 0 radical (unpaired) electrons. The summed E-state index contributed by atoms with van der Waals surface area (Å²) in [5, 5.41) is 10.3. The lowest BCUT2D eigenvalue weighted by molar-refractivity contribution is 0.220. The second-order valence-electron chi connectivity index (χ2n) is 4.92. The first-order valence-electron chi connectivity index (χ1n) is 6.83. The van der Waals surface area contributed by atoms with Gasteiger partial charge in [0.15, 0.2) is 0 Å². The van der Waals surface area contributed by atoms with Crippen LogP contribution in [0.1, 0.15) is 42.6 Å². The minimum atomic E-state index is -0.784. The zero-order chi connectivity index (χ0) is 14.5. The Balaban J connectivity index is 2.15. The molecule has 106 valence electrons. The molecule has 2 aromatic carbocycles. The smallest absolute Gasteiger partial charge is 0.141 e. The van der Waals surface area contributed by atoms with Gasteiger partial charge < -0.3 is 5.11 Å². The van der Waals surface area contributed by atoms with E-state index in [1.54, 1.807) is 6.07 Å². The van der Waals surface area contributed by atoms with Crippen molar-refractivity contribution in [1.29, 1.82) is 0 Å². The van der Waals surface area contributed by atoms with Crippen LogP contribution in [0.5, 0.6) is 0 Å². The molecule has 1 unspecified atom stereocenters. The van der Waals surface area contributed by atoms with Crippen LogP contribution < -0.4 is 0 Å².